The van der Waals surface area contributed by atoms with Crippen LogP contribution in [0.4, 0.5) is 10.2 Å². The summed E-state index contributed by atoms with van der Waals surface area (Å²) < 4.78 is 20.3. The van der Waals surface area contributed by atoms with Crippen molar-refractivity contribution < 1.29 is 13.9 Å². The van der Waals surface area contributed by atoms with Gasteiger partial charge in [0.25, 0.3) is 0 Å². The van der Waals surface area contributed by atoms with Crippen LogP contribution in [0.25, 0.3) is 0 Å². The molecule has 1 aromatic heterocycles. The van der Waals surface area contributed by atoms with E-state index in [1.165, 1.54) is 31.6 Å². The van der Waals surface area contributed by atoms with Crippen LogP contribution in [0.5, 0.6) is 0 Å². The van der Waals surface area contributed by atoms with Crippen molar-refractivity contribution in [2.75, 3.05) is 51.7 Å². The van der Waals surface area contributed by atoms with Gasteiger partial charge in [-0.25, -0.2) is 9.37 Å². The first kappa shape index (κ1) is 23.7. The Hall–Kier alpha value is -2.03. The standard InChI is InChI=1S/C26H32BrFN4O2/c1-34-24(33)11-19(22-12-20(27)5-7-23(22)28)13-32-16-26(17-32)8-10-31(15-26)14-21-6-4-18-3-2-9-29-25(18)30-21/h4-7,12,19H,2-3,8-11,13-17H2,1H3,(H,29,30)/t19-/m1/s1. The van der Waals surface area contributed by atoms with Crippen molar-refractivity contribution in [3.8, 4) is 0 Å². The quantitative estimate of drug-likeness (QED) is 0.541. The number of hydrogen-bond acceptors (Lipinski definition) is 6. The molecule has 0 radical (unpaired) electrons. The summed E-state index contributed by atoms with van der Waals surface area (Å²) in [4.78, 5) is 21.8. The highest BCUT2D eigenvalue weighted by Gasteiger charge is 2.47. The van der Waals surface area contributed by atoms with E-state index in [0.29, 0.717) is 12.1 Å². The minimum absolute atomic E-state index is 0.178. The van der Waals surface area contributed by atoms with E-state index < -0.39 is 0 Å². The Kier molecular flexibility index (Phi) is 6.91. The van der Waals surface area contributed by atoms with E-state index in [0.717, 1.165) is 61.7 Å². The van der Waals surface area contributed by atoms with Gasteiger partial charge in [-0.15, -0.1) is 0 Å². The Labute approximate surface area is 209 Å². The molecule has 0 bridgehead atoms. The van der Waals surface area contributed by atoms with Gasteiger partial charge >= 0.3 is 5.97 Å². The highest BCUT2D eigenvalue weighted by atomic mass is 79.9. The number of methoxy groups -OCH3 is 1. The van der Waals surface area contributed by atoms with Crippen molar-refractivity contribution in [1.29, 1.82) is 0 Å². The number of rotatable bonds is 7. The zero-order valence-electron chi connectivity index (χ0n) is 19.7. The van der Waals surface area contributed by atoms with Crippen LogP contribution in [0, 0.1) is 11.2 Å². The minimum atomic E-state index is -0.307. The Morgan fingerprint density at radius 2 is 2.09 bits per heavy atom. The number of carbonyl (C=O) groups excluding carboxylic acids is 1. The van der Waals surface area contributed by atoms with E-state index in [-0.39, 0.29) is 29.5 Å². The van der Waals surface area contributed by atoms with Crippen molar-refractivity contribution in [3.63, 3.8) is 0 Å². The molecule has 0 aliphatic carbocycles. The van der Waals surface area contributed by atoms with Gasteiger partial charge < -0.3 is 15.0 Å². The molecule has 2 saturated heterocycles. The predicted octanol–water partition coefficient (Wildman–Crippen LogP) is 4.20. The molecule has 4 heterocycles. The van der Waals surface area contributed by atoms with Crippen molar-refractivity contribution in [2.45, 2.75) is 38.1 Å². The van der Waals surface area contributed by atoms with Crippen LogP contribution >= 0.6 is 15.9 Å². The van der Waals surface area contributed by atoms with Gasteiger partial charge in [0.1, 0.15) is 11.6 Å². The molecule has 0 amide bonds. The maximum Gasteiger partial charge on any atom is 0.306 e. The number of benzene rings is 1. The van der Waals surface area contributed by atoms with Gasteiger partial charge in [-0.1, -0.05) is 22.0 Å². The molecule has 182 valence electrons. The average Bonchev–Trinajstić information content (AvgIpc) is 3.23. The van der Waals surface area contributed by atoms with Gasteiger partial charge in [-0.3, -0.25) is 9.69 Å². The normalized spacial score (nSPS) is 20.4. The van der Waals surface area contributed by atoms with Gasteiger partial charge in [-0.2, -0.15) is 0 Å². The summed E-state index contributed by atoms with van der Waals surface area (Å²) in [5.41, 5.74) is 3.31. The fraction of sp³-hybridized carbons (Fsp3) is 0.538. The Bertz CT molecular complexity index is 1060. The van der Waals surface area contributed by atoms with Crippen LogP contribution in [0.2, 0.25) is 0 Å². The number of aromatic nitrogens is 1. The maximum absolute atomic E-state index is 14.6. The molecule has 3 aliphatic rings. The van der Waals surface area contributed by atoms with Crippen LogP contribution in [0.1, 0.15) is 42.0 Å². The zero-order valence-corrected chi connectivity index (χ0v) is 21.2. The molecule has 5 rings (SSSR count). The smallest absolute Gasteiger partial charge is 0.306 e. The Balaban J connectivity index is 1.18. The molecule has 34 heavy (non-hydrogen) atoms. The van der Waals surface area contributed by atoms with Crippen LogP contribution in [-0.2, 0) is 22.5 Å². The van der Waals surface area contributed by atoms with Gasteiger partial charge in [-0.05, 0) is 61.2 Å². The summed E-state index contributed by atoms with van der Waals surface area (Å²) >= 11 is 3.44. The van der Waals surface area contributed by atoms with Gasteiger partial charge in [0, 0.05) is 55.1 Å². The third kappa shape index (κ3) is 5.14. The molecule has 3 aliphatic heterocycles. The second-order valence-electron chi connectivity index (χ2n) is 10.1. The largest absolute Gasteiger partial charge is 0.469 e. The minimum Gasteiger partial charge on any atom is -0.469 e. The molecular formula is C26H32BrFN4O2. The summed E-state index contributed by atoms with van der Waals surface area (Å²) in [6.45, 7) is 6.64. The Morgan fingerprint density at radius 3 is 2.91 bits per heavy atom. The first-order valence-electron chi connectivity index (χ1n) is 12.1. The molecule has 1 N–H and O–H groups in total. The third-order valence-corrected chi connectivity index (χ3v) is 7.98. The number of nitrogens with zero attached hydrogens (tertiary/aromatic N) is 3. The number of pyridine rings is 1. The zero-order chi connectivity index (χ0) is 23.7. The molecule has 1 atom stereocenters. The second-order valence-corrected chi connectivity index (χ2v) is 11.0. The lowest BCUT2D eigenvalue weighted by Gasteiger charge is -2.49. The van der Waals surface area contributed by atoms with Crippen molar-refractivity contribution in [1.82, 2.24) is 14.8 Å². The number of carbonyl (C=O) groups is 1. The number of aryl methyl sites for hydroxylation is 1. The molecule has 1 spiro atoms. The molecule has 2 fully saturated rings. The van der Waals surface area contributed by atoms with Gasteiger partial charge in [0.05, 0.1) is 19.2 Å². The first-order chi connectivity index (χ1) is 16.4. The summed E-state index contributed by atoms with van der Waals surface area (Å²) in [5, 5.41) is 3.43. The molecule has 6 nitrogen and oxygen atoms in total. The van der Waals surface area contributed by atoms with Gasteiger partial charge in [0.15, 0.2) is 0 Å². The lowest BCUT2D eigenvalue weighted by atomic mass is 9.78. The number of hydrogen-bond donors (Lipinski definition) is 1. The first-order valence-corrected chi connectivity index (χ1v) is 12.9. The predicted molar refractivity (Wildman–Crippen MR) is 133 cm³/mol. The summed E-state index contributed by atoms with van der Waals surface area (Å²) in [7, 11) is 1.38. The van der Waals surface area contributed by atoms with E-state index in [9.17, 15) is 9.18 Å². The second kappa shape index (κ2) is 9.91. The number of nitrogens with one attached hydrogen (secondary N) is 1. The fourth-order valence-electron chi connectivity index (χ4n) is 5.83. The lowest BCUT2D eigenvalue weighted by molar-refractivity contribution is -0.141. The molecule has 0 saturated carbocycles. The number of likely N-dealkylation sites (tertiary alicyclic amines) is 2. The highest BCUT2D eigenvalue weighted by Crippen LogP contribution is 2.41. The van der Waals surface area contributed by atoms with Crippen LogP contribution in [0.15, 0.2) is 34.8 Å². The van der Waals surface area contributed by atoms with E-state index in [1.807, 2.05) is 0 Å². The topological polar surface area (TPSA) is 57.7 Å². The number of fused-ring (bicyclic) bond motifs is 1. The summed E-state index contributed by atoms with van der Waals surface area (Å²) in [5.74, 6) is 0.251. The Morgan fingerprint density at radius 1 is 1.26 bits per heavy atom. The van der Waals surface area contributed by atoms with Crippen LogP contribution < -0.4 is 5.32 Å². The average molecular weight is 531 g/mol. The molecule has 2 aromatic rings. The van der Waals surface area contributed by atoms with Crippen molar-refractivity contribution >= 4 is 27.7 Å². The molecule has 0 unspecified atom stereocenters. The number of ether oxygens (including phenoxy) is 1. The third-order valence-electron chi connectivity index (χ3n) is 7.49. The molecular weight excluding hydrogens is 499 g/mol. The summed E-state index contributed by atoms with van der Waals surface area (Å²) in [6.07, 6.45) is 3.63. The van der Waals surface area contributed by atoms with E-state index in [1.54, 1.807) is 12.1 Å². The number of anilines is 1. The van der Waals surface area contributed by atoms with E-state index >= 15 is 0 Å². The lowest BCUT2D eigenvalue weighted by Crippen LogP contribution is -2.58. The number of esters is 1. The van der Waals surface area contributed by atoms with Gasteiger partial charge in [0.2, 0.25) is 0 Å². The fourth-order valence-corrected chi connectivity index (χ4v) is 6.21. The van der Waals surface area contributed by atoms with Crippen LogP contribution in [0.3, 0.4) is 0 Å². The maximum atomic E-state index is 14.6. The SMILES string of the molecule is COC(=O)C[C@H](CN1CC2(CCN(Cc3ccc4c(n3)NCCC4)C2)C1)c1cc(Br)ccc1F. The highest BCUT2D eigenvalue weighted by molar-refractivity contribution is 9.10. The van der Waals surface area contributed by atoms with Crippen molar-refractivity contribution in [2.24, 2.45) is 5.41 Å². The monoisotopic (exact) mass is 530 g/mol. The molecule has 1 aromatic carbocycles. The summed E-state index contributed by atoms with van der Waals surface area (Å²) in [6, 6.07) is 9.33. The number of halogens is 2. The molecule has 8 heteroatoms. The van der Waals surface area contributed by atoms with Crippen LogP contribution in [-0.4, -0.2) is 67.1 Å². The van der Waals surface area contributed by atoms with E-state index in [4.69, 9.17) is 9.72 Å². The van der Waals surface area contributed by atoms with Crippen molar-refractivity contribution in [3.05, 3.63) is 57.4 Å². The van der Waals surface area contributed by atoms with E-state index in [2.05, 4.69) is 43.2 Å².